The van der Waals surface area contributed by atoms with Crippen molar-refractivity contribution in [3.05, 3.63) is 69.6 Å². The van der Waals surface area contributed by atoms with E-state index in [0.29, 0.717) is 50.5 Å². The Bertz CT molecular complexity index is 1060. The Kier molecular flexibility index (Phi) is 7.39. The fourth-order valence-electron chi connectivity index (χ4n) is 5.46. The van der Waals surface area contributed by atoms with Gasteiger partial charge < -0.3 is 9.64 Å². The summed E-state index contributed by atoms with van der Waals surface area (Å²) in [6.07, 6.45) is 1.69. The number of nitrogens with zero attached hydrogens (tertiary/aromatic N) is 4. The summed E-state index contributed by atoms with van der Waals surface area (Å²) in [5.41, 5.74) is 4.17. The van der Waals surface area contributed by atoms with Crippen molar-refractivity contribution in [1.29, 1.82) is 0 Å². The van der Waals surface area contributed by atoms with Crippen molar-refractivity contribution in [2.75, 3.05) is 45.9 Å². The molecule has 3 aliphatic heterocycles. The molecule has 2 aromatic carbocycles. The molecule has 2 unspecified atom stereocenters. The number of rotatable bonds is 7. The van der Waals surface area contributed by atoms with Crippen molar-refractivity contribution in [2.45, 2.75) is 44.6 Å². The highest BCUT2D eigenvalue weighted by atomic mass is 19.1. The Balaban J connectivity index is 1.22. The third kappa shape index (κ3) is 5.70. The van der Waals surface area contributed by atoms with E-state index in [1.54, 1.807) is 11.0 Å². The second-order valence-electron chi connectivity index (χ2n) is 9.92. The Morgan fingerprint density at radius 3 is 2.74 bits per heavy atom. The number of carbonyl (C=O) groups is 1. The van der Waals surface area contributed by atoms with Crippen LogP contribution in [0.1, 0.15) is 39.9 Å². The highest BCUT2D eigenvalue weighted by molar-refractivity contribution is 5.97. The van der Waals surface area contributed by atoms with Crippen LogP contribution in [0.4, 0.5) is 4.39 Å². The number of nitroso groups, excluding NO2 is 1. The highest BCUT2D eigenvalue weighted by Crippen LogP contribution is 2.27. The van der Waals surface area contributed by atoms with Gasteiger partial charge in [0.25, 0.3) is 5.91 Å². The van der Waals surface area contributed by atoms with Gasteiger partial charge in [0.1, 0.15) is 24.6 Å². The van der Waals surface area contributed by atoms with Crippen molar-refractivity contribution >= 4 is 5.91 Å². The van der Waals surface area contributed by atoms with Gasteiger partial charge in [-0.05, 0) is 54.6 Å². The molecular formula is C27H33FN4O3. The van der Waals surface area contributed by atoms with Gasteiger partial charge in [0, 0.05) is 39.3 Å². The molecule has 0 radical (unpaired) electrons. The van der Waals surface area contributed by atoms with Crippen LogP contribution in [0.15, 0.2) is 47.6 Å². The maximum atomic E-state index is 13.8. The van der Waals surface area contributed by atoms with Gasteiger partial charge in [0.2, 0.25) is 0 Å². The summed E-state index contributed by atoms with van der Waals surface area (Å²) in [5, 5.41) is 3.38. The monoisotopic (exact) mass is 480 g/mol. The van der Waals surface area contributed by atoms with Crippen LogP contribution in [0.25, 0.3) is 0 Å². The topological polar surface area (TPSA) is 65.5 Å². The van der Waals surface area contributed by atoms with Gasteiger partial charge in [-0.1, -0.05) is 35.5 Å². The first-order valence-electron chi connectivity index (χ1n) is 12.6. The number of halogens is 1. The lowest BCUT2D eigenvalue weighted by Gasteiger charge is -2.31. The Morgan fingerprint density at radius 2 is 1.91 bits per heavy atom. The van der Waals surface area contributed by atoms with E-state index in [-0.39, 0.29) is 12.5 Å². The molecule has 3 heterocycles. The average molecular weight is 481 g/mol. The van der Waals surface area contributed by atoms with E-state index >= 15 is 0 Å². The molecule has 35 heavy (non-hydrogen) atoms. The van der Waals surface area contributed by atoms with Gasteiger partial charge in [-0.3, -0.25) is 14.6 Å². The quantitative estimate of drug-likeness (QED) is 0.566. The number of benzene rings is 2. The summed E-state index contributed by atoms with van der Waals surface area (Å²) in [7, 11) is 0. The number of carbonyl (C=O) groups excluding carboxylic acids is 1. The maximum absolute atomic E-state index is 13.8. The molecule has 1 saturated heterocycles. The van der Waals surface area contributed by atoms with E-state index in [1.165, 1.54) is 11.1 Å². The van der Waals surface area contributed by atoms with Crippen LogP contribution < -0.4 is 4.74 Å². The first-order valence-corrected chi connectivity index (χ1v) is 12.6. The lowest BCUT2D eigenvalue weighted by molar-refractivity contribution is 0.0734. The van der Waals surface area contributed by atoms with Crippen LogP contribution in [0.5, 0.6) is 5.75 Å². The minimum absolute atomic E-state index is 0.136. The number of likely N-dealkylation sites (tertiary alicyclic amines) is 1. The van der Waals surface area contributed by atoms with Crippen molar-refractivity contribution in [3.8, 4) is 5.75 Å². The van der Waals surface area contributed by atoms with E-state index in [9.17, 15) is 14.1 Å². The number of amides is 1. The second-order valence-corrected chi connectivity index (χ2v) is 9.92. The molecule has 0 bridgehead atoms. The summed E-state index contributed by atoms with van der Waals surface area (Å²) < 4.78 is 19.7. The first kappa shape index (κ1) is 23.9. The van der Waals surface area contributed by atoms with Crippen LogP contribution in [0, 0.1) is 4.91 Å². The number of fused-ring (bicyclic) bond motifs is 2. The number of piperidine rings is 1. The van der Waals surface area contributed by atoms with E-state index in [0.717, 1.165) is 38.0 Å². The molecule has 2 atom stereocenters. The molecule has 8 heteroatoms. The normalized spacial score (nSPS) is 22.0. The maximum Gasteiger partial charge on any atom is 0.257 e. The standard InChI is InChI=1S/C27H33FN4O3/c28-23-6-3-10-30(17-23)15-20-7-8-25-26(14-20)35-13-12-32(27(25)33)19-24(29-34)18-31-11-9-21-4-1-2-5-22(21)16-31/h1-2,4-5,7-8,14,23-24H,3,6,9-13,15-19H2. The lowest BCUT2D eigenvalue weighted by Crippen LogP contribution is -2.43. The minimum atomic E-state index is -0.769. The molecule has 3 aliphatic rings. The summed E-state index contributed by atoms with van der Waals surface area (Å²) in [6, 6.07) is 13.5. The Labute approximate surface area is 205 Å². The molecule has 1 fully saturated rings. The summed E-state index contributed by atoms with van der Waals surface area (Å²) in [4.78, 5) is 31.1. The Hall–Kier alpha value is -2.84. The van der Waals surface area contributed by atoms with Gasteiger partial charge in [-0.2, -0.15) is 4.91 Å². The van der Waals surface area contributed by atoms with E-state index in [4.69, 9.17) is 4.74 Å². The molecule has 0 aromatic heterocycles. The largest absolute Gasteiger partial charge is 0.491 e. The van der Waals surface area contributed by atoms with Gasteiger partial charge >= 0.3 is 0 Å². The van der Waals surface area contributed by atoms with Crippen LogP contribution in [-0.4, -0.2) is 78.7 Å². The molecule has 186 valence electrons. The van der Waals surface area contributed by atoms with Crippen LogP contribution in [0.3, 0.4) is 0 Å². The first-order chi connectivity index (χ1) is 17.1. The molecule has 5 rings (SSSR count). The van der Waals surface area contributed by atoms with Gasteiger partial charge in [0.05, 0.1) is 12.1 Å². The van der Waals surface area contributed by atoms with E-state index < -0.39 is 12.2 Å². The van der Waals surface area contributed by atoms with Gasteiger partial charge in [-0.25, -0.2) is 4.39 Å². The Morgan fingerprint density at radius 1 is 1.06 bits per heavy atom. The second kappa shape index (κ2) is 10.8. The molecule has 0 spiro atoms. The zero-order valence-corrected chi connectivity index (χ0v) is 20.1. The van der Waals surface area contributed by atoms with E-state index in [1.807, 2.05) is 18.2 Å². The minimum Gasteiger partial charge on any atom is -0.491 e. The van der Waals surface area contributed by atoms with Crippen molar-refractivity contribution in [1.82, 2.24) is 14.7 Å². The molecule has 0 aliphatic carbocycles. The highest BCUT2D eigenvalue weighted by Gasteiger charge is 2.28. The van der Waals surface area contributed by atoms with Gasteiger partial charge in [-0.15, -0.1) is 0 Å². The molecule has 0 saturated carbocycles. The molecule has 1 amide bonds. The zero-order valence-electron chi connectivity index (χ0n) is 20.1. The fraction of sp³-hybridized carbons (Fsp3) is 0.519. The summed E-state index contributed by atoms with van der Waals surface area (Å²) >= 11 is 0. The predicted molar refractivity (Wildman–Crippen MR) is 132 cm³/mol. The number of alkyl halides is 1. The van der Waals surface area contributed by atoms with Gasteiger partial charge in [0.15, 0.2) is 0 Å². The van der Waals surface area contributed by atoms with Crippen molar-refractivity contribution in [2.24, 2.45) is 5.18 Å². The lowest BCUT2D eigenvalue weighted by atomic mass is 9.99. The van der Waals surface area contributed by atoms with E-state index in [2.05, 4.69) is 33.2 Å². The number of hydrogen-bond donors (Lipinski definition) is 0. The van der Waals surface area contributed by atoms with Crippen molar-refractivity contribution in [3.63, 3.8) is 0 Å². The van der Waals surface area contributed by atoms with Crippen LogP contribution in [0.2, 0.25) is 0 Å². The fourth-order valence-corrected chi connectivity index (χ4v) is 5.46. The average Bonchev–Trinajstić information content (AvgIpc) is 3.01. The number of hydrogen-bond acceptors (Lipinski definition) is 6. The summed E-state index contributed by atoms with van der Waals surface area (Å²) in [5.74, 6) is 0.426. The predicted octanol–water partition coefficient (Wildman–Crippen LogP) is 3.65. The third-order valence-electron chi connectivity index (χ3n) is 7.30. The smallest absolute Gasteiger partial charge is 0.257 e. The SMILES string of the molecule is O=NC(CN1CCc2ccccc2C1)CN1CCOc2cc(CN3CCCC(F)C3)ccc2C1=O. The van der Waals surface area contributed by atoms with Crippen molar-refractivity contribution < 1.29 is 13.9 Å². The number of ether oxygens (including phenoxy) is 1. The summed E-state index contributed by atoms with van der Waals surface area (Å²) in [6.45, 7) is 5.23. The zero-order chi connectivity index (χ0) is 24.2. The van der Waals surface area contributed by atoms with Crippen LogP contribution >= 0.6 is 0 Å². The van der Waals surface area contributed by atoms with Crippen LogP contribution in [-0.2, 0) is 19.5 Å². The third-order valence-corrected chi connectivity index (χ3v) is 7.30. The molecular weight excluding hydrogens is 447 g/mol. The molecule has 7 nitrogen and oxygen atoms in total. The molecule has 2 aromatic rings. The molecule has 0 N–H and O–H groups in total.